The monoisotopic (exact) mass is 393 g/mol. The summed E-state index contributed by atoms with van der Waals surface area (Å²) in [5.74, 6) is 1.82. The van der Waals surface area contributed by atoms with Crippen molar-refractivity contribution in [2.75, 3.05) is 14.2 Å². The number of methoxy groups -OCH3 is 2. The number of hydrogen-bond acceptors (Lipinski definition) is 4. The Hall–Kier alpha value is -3.21. The van der Waals surface area contributed by atoms with E-state index in [-0.39, 0.29) is 11.9 Å². The number of carbonyl (C=O) groups is 1. The van der Waals surface area contributed by atoms with Crippen LogP contribution in [0.15, 0.2) is 60.7 Å². The summed E-state index contributed by atoms with van der Waals surface area (Å²) in [7, 11) is 3.19. The quantitative estimate of drug-likeness (QED) is 0.592. The Morgan fingerprint density at radius 1 is 0.931 bits per heavy atom. The largest absolute Gasteiger partial charge is 0.493 e. The first-order valence-corrected chi connectivity index (χ1v) is 9.73. The third kappa shape index (κ3) is 4.80. The average Bonchev–Trinajstić information content (AvgIpc) is 2.76. The highest BCUT2D eigenvalue weighted by Crippen LogP contribution is 2.30. The molecule has 0 saturated heterocycles. The summed E-state index contributed by atoms with van der Waals surface area (Å²) in [6, 6.07) is 19.3. The van der Waals surface area contributed by atoms with Gasteiger partial charge < -0.3 is 19.5 Å². The first kappa shape index (κ1) is 20.5. The molecule has 0 spiro atoms. The van der Waals surface area contributed by atoms with Crippen LogP contribution >= 0.6 is 0 Å². The Labute approximate surface area is 171 Å². The van der Waals surface area contributed by atoms with Gasteiger partial charge in [-0.15, -0.1) is 0 Å². The van der Waals surface area contributed by atoms with Crippen LogP contribution in [0.3, 0.4) is 0 Å². The highest BCUT2D eigenvalue weighted by atomic mass is 16.5. The highest BCUT2D eigenvalue weighted by molar-refractivity contribution is 5.84. The van der Waals surface area contributed by atoms with Crippen molar-refractivity contribution in [1.82, 2.24) is 5.32 Å². The number of benzene rings is 3. The van der Waals surface area contributed by atoms with Crippen molar-refractivity contribution in [2.45, 2.75) is 32.4 Å². The maximum absolute atomic E-state index is 12.8. The van der Waals surface area contributed by atoms with E-state index in [1.807, 2.05) is 74.5 Å². The predicted octanol–water partition coefficient (Wildman–Crippen LogP) is 4.89. The van der Waals surface area contributed by atoms with Crippen LogP contribution in [0, 0.1) is 0 Å². The van der Waals surface area contributed by atoms with Crippen molar-refractivity contribution in [3.63, 3.8) is 0 Å². The molecule has 5 heteroatoms. The molecule has 152 valence electrons. The molecule has 29 heavy (non-hydrogen) atoms. The molecule has 1 amide bonds. The van der Waals surface area contributed by atoms with Gasteiger partial charge in [-0.2, -0.15) is 0 Å². The summed E-state index contributed by atoms with van der Waals surface area (Å²) in [6.07, 6.45) is -0.00382. The second-order valence-corrected chi connectivity index (χ2v) is 6.87. The number of carbonyl (C=O) groups excluding carboxylic acids is 1. The van der Waals surface area contributed by atoms with Crippen LogP contribution in [-0.2, 0) is 4.79 Å². The minimum atomic E-state index is -0.571. The maximum Gasteiger partial charge on any atom is 0.261 e. The first-order chi connectivity index (χ1) is 14.0. The predicted molar refractivity (Wildman–Crippen MR) is 115 cm³/mol. The molecule has 0 heterocycles. The van der Waals surface area contributed by atoms with Gasteiger partial charge in [0.1, 0.15) is 5.75 Å². The van der Waals surface area contributed by atoms with E-state index >= 15 is 0 Å². The summed E-state index contributed by atoms with van der Waals surface area (Å²) < 4.78 is 16.6. The van der Waals surface area contributed by atoms with E-state index in [0.29, 0.717) is 23.7 Å². The molecule has 1 N–H and O–H groups in total. The molecule has 0 bridgehead atoms. The van der Waals surface area contributed by atoms with Crippen molar-refractivity contribution in [3.8, 4) is 17.2 Å². The highest BCUT2D eigenvalue weighted by Gasteiger charge is 2.21. The first-order valence-electron chi connectivity index (χ1n) is 9.73. The van der Waals surface area contributed by atoms with Crippen molar-refractivity contribution in [3.05, 3.63) is 66.2 Å². The average molecular weight is 393 g/mol. The molecule has 0 aliphatic heterocycles. The van der Waals surface area contributed by atoms with Crippen molar-refractivity contribution in [2.24, 2.45) is 0 Å². The molecule has 0 radical (unpaired) electrons. The normalized spacial score (nSPS) is 12.8. The van der Waals surface area contributed by atoms with E-state index in [2.05, 4.69) is 5.32 Å². The maximum atomic E-state index is 12.8. The SMILES string of the molecule is CC[C@H](Oc1ccc2ccccc2c1)C(=O)N[C@@H](C)c1ccc(OC)c(OC)c1. The van der Waals surface area contributed by atoms with E-state index in [9.17, 15) is 4.79 Å². The van der Waals surface area contributed by atoms with E-state index in [1.165, 1.54) is 0 Å². The van der Waals surface area contributed by atoms with Crippen molar-refractivity contribution in [1.29, 1.82) is 0 Å². The van der Waals surface area contributed by atoms with Crippen LogP contribution in [0.2, 0.25) is 0 Å². The molecular formula is C24H27NO4. The van der Waals surface area contributed by atoms with Crippen molar-refractivity contribution < 1.29 is 19.0 Å². The minimum absolute atomic E-state index is 0.150. The van der Waals surface area contributed by atoms with Crippen LogP contribution in [0.4, 0.5) is 0 Å². The van der Waals surface area contributed by atoms with Gasteiger partial charge in [0.15, 0.2) is 17.6 Å². The molecular weight excluding hydrogens is 366 g/mol. The second-order valence-electron chi connectivity index (χ2n) is 6.87. The molecule has 0 saturated carbocycles. The van der Waals surface area contributed by atoms with Crippen LogP contribution in [-0.4, -0.2) is 26.2 Å². The Morgan fingerprint density at radius 3 is 2.34 bits per heavy atom. The molecule has 3 aromatic carbocycles. The van der Waals surface area contributed by atoms with Crippen LogP contribution in [0.5, 0.6) is 17.2 Å². The summed E-state index contributed by atoms with van der Waals surface area (Å²) in [6.45, 7) is 3.87. The fourth-order valence-corrected chi connectivity index (χ4v) is 3.24. The molecule has 0 unspecified atom stereocenters. The summed E-state index contributed by atoms with van der Waals surface area (Å²) in [5, 5.41) is 5.25. The second kappa shape index (κ2) is 9.32. The van der Waals surface area contributed by atoms with Gasteiger partial charge in [0, 0.05) is 0 Å². The molecule has 3 aromatic rings. The van der Waals surface area contributed by atoms with Crippen LogP contribution in [0.1, 0.15) is 31.9 Å². The fraction of sp³-hybridized carbons (Fsp3) is 0.292. The zero-order valence-corrected chi connectivity index (χ0v) is 17.3. The number of nitrogens with one attached hydrogen (secondary N) is 1. The van der Waals surface area contributed by atoms with Crippen molar-refractivity contribution >= 4 is 16.7 Å². The topological polar surface area (TPSA) is 56.8 Å². The number of fused-ring (bicyclic) bond motifs is 1. The number of hydrogen-bond donors (Lipinski definition) is 1. The lowest BCUT2D eigenvalue weighted by molar-refractivity contribution is -0.128. The Kier molecular flexibility index (Phi) is 6.60. The van der Waals surface area contributed by atoms with Crippen LogP contribution in [0.25, 0.3) is 10.8 Å². The Balaban J connectivity index is 1.70. The Morgan fingerprint density at radius 2 is 1.66 bits per heavy atom. The molecule has 2 atom stereocenters. The van der Waals surface area contributed by atoms with Gasteiger partial charge in [0.25, 0.3) is 5.91 Å². The van der Waals surface area contributed by atoms with Gasteiger partial charge in [-0.3, -0.25) is 4.79 Å². The van der Waals surface area contributed by atoms with E-state index in [4.69, 9.17) is 14.2 Å². The summed E-state index contributed by atoms with van der Waals surface area (Å²) >= 11 is 0. The summed E-state index contributed by atoms with van der Waals surface area (Å²) in [4.78, 5) is 12.8. The van der Waals surface area contributed by atoms with E-state index in [1.54, 1.807) is 14.2 Å². The van der Waals surface area contributed by atoms with Gasteiger partial charge in [-0.1, -0.05) is 43.3 Å². The number of amides is 1. The minimum Gasteiger partial charge on any atom is -0.493 e. The lowest BCUT2D eigenvalue weighted by atomic mass is 10.1. The Bertz CT molecular complexity index is 986. The number of rotatable bonds is 8. The lowest BCUT2D eigenvalue weighted by Gasteiger charge is -2.21. The number of ether oxygens (including phenoxy) is 3. The van der Waals surface area contributed by atoms with Gasteiger partial charge in [0.05, 0.1) is 20.3 Å². The van der Waals surface area contributed by atoms with E-state index < -0.39 is 6.10 Å². The standard InChI is InChI=1S/C24H27NO4/c1-5-21(29-20-12-10-17-8-6-7-9-19(17)14-20)24(26)25-16(2)18-11-13-22(27-3)23(15-18)28-4/h6-16,21H,5H2,1-4H3,(H,25,26)/t16-,21-/m0/s1. The van der Waals surface area contributed by atoms with E-state index in [0.717, 1.165) is 16.3 Å². The zero-order valence-electron chi connectivity index (χ0n) is 17.3. The molecule has 3 rings (SSSR count). The molecule has 0 aliphatic carbocycles. The molecule has 0 aromatic heterocycles. The van der Waals surface area contributed by atoms with Gasteiger partial charge in [-0.25, -0.2) is 0 Å². The third-order valence-electron chi connectivity index (χ3n) is 4.93. The van der Waals surface area contributed by atoms with Gasteiger partial charge >= 0.3 is 0 Å². The van der Waals surface area contributed by atoms with Gasteiger partial charge in [0.2, 0.25) is 0 Å². The van der Waals surface area contributed by atoms with Gasteiger partial charge in [-0.05, 0) is 53.9 Å². The zero-order chi connectivity index (χ0) is 20.8. The lowest BCUT2D eigenvalue weighted by Crippen LogP contribution is -2.39. The molecule has 0 fully saturated rings. The molecule has 5 nitrogen and oxygen atoms in total. The van der Waals surface area contributed by atoms with Crippen LogP contribution < -0.4 is 19.5 Å². The summed E-state index contributed by atoms with van der Waals surface area (Å²) in [5.41, 5.74) is 0.927. The smallest absolute Gasteiger partial charge is 0.261 e. The molecule has 0 aliphatic rings. The third-order valence-corrected chi connectivity index (χ3v) is 4.93. The fourth-order valence-electron chi connectivity index (χ4n) is 3.24.